The summed E-state index contributed by atoms with van der Waals surface area (Å²) in [6, 6.07) is 2.54. The van der Waals surface area contributed by atoms with Crippen molar-refractivity contribution in [2.75, 3.05) is 5.32 Å². The number of nitrogens with one attached hydrogen (secondary N) is 1. The fourth-order valence-corrected chi connectivity index (χ4v) is 1.64. The lowest BCUT2D eigenvalue weighted by Crippen LogP contribution is -2.01. The zero-order valence-electron chi connectivity index (χ0n) is 9.50. The minimum atomic E-state index is -0.511. The van der Waals surface area contributed by atoms with Gasteiger partial charge in [-0.15, -0.1) is 0 Å². The number of nitro groups is 1. The van der Waals surface area contributed by atoms with Crippen molar-refractivity contribution in [2.45, 2.75) is 6.54 Å². The van der Waals surface area contributed by atoms with Crippen LogP contribution in [0.3, 0.4) is 0 Å². The van der Waals surface area contributed by atoms with E-state index in [4.69, 9.17) is 11.6 Å². The summed E-state index contributed by atoms with van der Waals surface area (Å²) >= 11 is 5.71. The van der Waals surface area contributed by atoms with Crippen molar-refractivity contribution in [1.29, 1.82) is 0 Å². The highest BCUT2D eigenvalue weighted by molar-refractivity contribution is 6.29. The van der Waals surface area contributed by atoms with Gasteiger partial charge in [0.1, 0.15) is 11.0 Å². The van der Waals surface area contributed by atoms with E-state index in [0.717, 1.165) is 5.56 Å². The van der Waals surface area contributed by atoms with Crippen LogP contribution in [-0.4, -0.2) is 19.7 Å². The Kier molecular flexibility index (Phi) is 3.42. The van der Waals surface area contributed by atoms with Gasteiger partial charge in [0.2, 0.25) is 0 Å². The standard InChI is InChI=1S/C10H10ClN5O2/c1-15-6-7(5-13-15)4-12-10-3-8(16(17)18)2-9(11)14-10/h2-3,5-6H,4H2,1H3,(H,12,14). The van der Waals surface area contributed by atoms with Crippen molar-refractivity contribution in [3.05, 3.63) is 45.4 Å². The molecule has 0 unspecified atom stereocenters. The highest BCUT2D eigenvalue weighted by Gasteiger charge is 2.10. The van der Waals surface area contributed by atoms with Gasteiger partial charge in [-0.3, -0.25) is 14.8 Å². The molecular weight excluding hydrogens is 258 g/mol. The van der Waals surface area contributed by atoms with Gasteiger partial charge in [-0.25, -0.2) is 4.98 Å². The zero-order chi connectivity index (χ0) is 13.1. The van der Waals surface area contributed by atoms with Gasteiger partial charge in [0.25, 0.3) is 5.69 Å². The van der Waals surface area contributed by atoms with Crippen LogP contribution in [0.25, 0.3) is 0 Å². The molecule has 2 heterocycles. The number of rotatable bonds is 4. The number of aromatic nitrogens is 3. The number of pyridine rings is 1. The Hall–Kier alpha value is -2.15. The molecule has 0 aromatic carbocycles. The van der Waals surface area contributed by atoms with Crippen LogP contribution in [0.4, 0.5) is 11.5 Å². The van der Waals surface area contributed by atoms with Gasteiger partial charge in [0.05, 0.1) is 23.3 Å². The van der Waals surface area contributed by atoms with Crippen molar-refractivity contribution < 1.29 is 4.92 Å². The molecule has 7 nitrogen and oxygen atoms in total. The van der Waals surface area contributed by atoms with Gasteiger partial charge >= 0.3 is 0 Å². The van der Waals surface area contributed by atoms with Gasteiger partial charge in [0, 0.05) is 25.4 Å². The molecule has 0 bridgehead atoms. The summed E-state index contributed by atoms with van der Waals surface area (Å²) in [6.07, 6.45) is 3.54. The van der Waals surface area contributed by atoms with Gasteiger partial charge in [-0.1, -0.05) is 11.6 Å². The van der Waals surface area contributed by atoms with Crippen LogP contribution in [0.5, 0.6) is 0 Å². The quantitative estimate of drug-likeness (QED) is 0.520. The minimum absolute atomic E-state index is 0.0814. The third-order valence-corrected chi connectivity index (χ3v) is 2.42. The van der Waals surface area contributed by atoms with E-state index in [1.165, 1.54) is 12.1 Å². The second-order valence-electron chi connectivity index (χ2n) is 3.67. The maximum absolute atomic E-state index is 10.7. The molecule has 0 saturated carbocycles. The van der Waals surface area contributed by atoms with Crippen molar-refractivity contribution in [3.8, 4) is 0 Å². The molecule has 0 aliphatic carbocycles. The Bertz CT molecular complexity index is 583. The molecule has 0 aliphatic heterocycles. The molecular formula is C10H10ClN5O2. The van der Waals surface area contributed by atoms with Crippen LogP contribution in [0, 0.1) is 10.1 Å². The molecule has 0 aliphatic rings. The number of hydrogen-bond donors (Lipinski definition) is 1. The van der Waals surface area contributed by atoms with Crippen molar-refractivity contribution in [2.24, 2.45) is 7.05 Å². The highest BCUT2D eigenvalue weighted by Crippen LogP contribution is 2.20. The van der Waals surface area contributed by atoms with Crippen molar-refractivity contribution in [1.82, 2.24) is 14.8 Å². The van der Waals surface area contributed by atoms with Gasteiger partial charge < -0.3 is 5.32 Å². The summed E-state index contributed by atoms with van der Waals surface area (Å²) in [7, 11) is 1.81. The van der Waals surface area contributed by atoms with E-state index >= 15 is 0 Å². The van der Waals surface area contributed by atoms with Crippen molar-refractivity contribution >= 4 is 23.1 Å². The molecule has 94 valence electrons. The first-order chi connectivity index (χ1) is 8.54. The fourth-order valence-electron chi connectivity index (χ4n) is 1.44. The summed E-state index contributed by atoms with van der Waals surface area (Å²) in [6.45, 7) is 0.471. The van der Waals surface area contributed by atoms with Crippen LogP contribution in [-0.2, 0) is 13.6 Å². The fraction of sp³-hybridized carbons (Fsp3) is 0.200. The van der Waals surface area contributed by atoms with Crippen LogP contribution in [0.15, 0.2) is 24.5 Å². The number of nitrogens with zero attached hydrogens (tertiary/aromatic N) is 4. The Morgan fingerprint density at radius 2 is 2.33 bits per heavy atom. The van der Waals surface area contributed by atoms with Gasteiger partial charge in [0.15, 0.2) is 0 Å². The summed E-state index contributed by atoms with van der Waals surface area (Å²) < 4.78 is 1.67. The lowest BCUT2D eigenvalue weighted by molar-refractivity contribution is -0.384. The molecule has 0 atom stereocenters. The third-order valence-electron chi connectivity index (χ3n) is 2.22. The zero-order valence-corrected chi connectivity index (χ0v) is 10.3. The van der Waals surface area contributed by atoms with Crippen molar-refractivity contribution in [3.63, 3.8) is 0 Å². The smallest absolute Gasteiger partial charge is 0.276 e. The van der Waals surface area contributed by atoms with E-state index in [9.17, 15) is 10.1 Å². The molecule has 2 rings (SSSR count). The number of anilines is 1. The Morgan fingerprint density at radius 1 is 1.56 bits per heavy atom. The molecule has 0 radical (unpaired) electrons. The monoisotopic (exact) mass is 267 g/mol. The maximum atomic E-state index is 10.7. The molecule has 18 heavy (non-hydrogen) atoms. The predicted molar refractivity (Wildman–Crippen MR) is 66.4 cm³/mol. The lowest BCUT2D eigenvalue weighted by atomic mass is 10.3. The van der Waals surface area contributed by atoms with Gasteiger partial charge in [-0.05, 0) is 0 Å². The third kappa shape index (κ3) is 2.95. The molecule has 0 spiro atoms. The number of halogens is 1. The lowest BCUT2D eigenvalue weighted by Gasteiger charge is -2.04. The molecule has 1 N–H and O–H groups in total. The number of hydrogen-bond acceptors (Lipinski definition) is 5. The van der Waals surface area contributed by atoms with E-state index in [2.05, 4.69) is 15.4 Å². The number of aryl methyl sites for hydroxylation is 1. The SMILES string of the molecule is Cn1cc(CNc2cc([N+](=O)[O-])cc(Cl)n2)cn1. The molecule has 8 heteroatoms. The summed E-state index contributed by atoms with van der Waals surface area (Å²) in [5, 5.41) is 17.7. The summed E-state index contributed by atoms with van der Waals surface area (Å²) in [4.78, 5) is 14.1. The average molecular weight is 268 g/mol. The van der Waals surface area contributed by atoms with E-state index < -0.39 is 4.92 Å². The van der Waals surface area contributed by atoms with Crippen LogP contribution in [0.1, 0.15) is 5.56 Å². The summed E-state index contributed by atoms with van der Waals surface area (Å²) in [5.74, 6) is 0.359. The Balaban J connectivity index is 2.11. The summed E-state index contributed by atoms with van der Waals surface area (Å²) in [5.41, 5.74) is 0.852. The second kappa shape index (κ2) is 5.01. The van der Waals surface area contributed by atoms with E-state index in [1.54, 1.807) is 10.9 Å². The first-order valence-corrected chi connectivity index (χ1v) is 5.46. The Morgan fingerprint density at radius 3 is 2.94 bits per heavy atom. The van der Waals surface area contributed by atoms with E-state index in [-0.39, 0.29) is 10.8 Å². The van der Waals surface area contributed by atoms with E-state index in [0.29, 0.717) is 12.4 Å². The molecule has 0 fully saturated rings. The molecule has 2 aromatic heterocycles. The first kappa shape index (κ1) is 12.3. The average Bonchev–Trinajstić information content (AvgIpc) is 2.72. The molecule has 0 amide bonds. The normalized spacial score (nSPS) is 10.3. The molecule has 2 aromatic rings. The van der Waals surface area contributed by atoms with Crippen LogP contribution >= 0.6 is 11.6 Å². The first-order valence-electron chi connectivity index (χ1n) is 5.08. The van der Waals surface area contributed by atoms with Crippen LogP contribution < -0.4 is 5.32 Å². The minimum Gasteiger partial charge on any atom is -0.366 e. The second-order valence-corrected chi connectivity index (χ2v) is 4.05. The van der Waals surface area contributed by atoms with Crippen LogP contribution in [0.2, 0.25) is 5.15 Å². The maximum Gasteiger partial charge on any atom is 0.276 e. The Labute approximate surface area is 108 Å². The predicted octanol–water partition coefficient (Wildman–Crippen LogP) is 1.99. The highest BCUT2D eigenvalue weighted by atomic mass is 35.5. The van der Waals surface area contributed by atoms with Gasteiger partial charge in [-0.2, -0.15) is 5.10 Å². The largest absolute Gasteiger partial charge is 0.366 e. The van der Waals surface area contributed by atoms with E-state index in [1.807, 2.05) is 13.2 Å². The molecule has 0 saturated heterocycles. The topological polar surface area (TPSA) is 85.9 Å².